The van der Waals surface area contributed by atoms with Gasteiger partial charge in [-0.2, -0.15) is 0 Å². The van der Waals surface area contributed by atoms with E-state index in [1.54, 1.807) is 4.57 Å². The highest BCUT2D eigenvalue weighted by atomic mass is 32.1. The highest BCUT2D eigenvalue weighted by molar-refractivity contribution is 7.20. The number of nitrogens with zero attached hydrogens (tertiary/aromatic N) is 2. The van der Waals surface area contributed by atoms with Gasteiger partial charge in [-0.15, -0.1) is 11.3 Å². The normalized spacial score (nSPS) is 14.4. The first-order valence-electron chi connectivity index (χ1n) is 11.7. The summed E-state index contributed by atoms with van der Waals surface area (Å²) in [4.78, 5) is 32.3. The predicted molar refractivity (Wildman–Crippen MR) is 131 cm³/mol. The lowest BCUT2D eigenvalue weighted by atomic mass is 10.1. The van der Waals surface area contributed by atoms with Crippen LogP contribution in [0, 0.1) is 6.92 Å². The Labute approximate surface area is 197 Å². The number of hydrogen-bond donors (Lipinski definition) is 1. The molecule has 1 aromatic carbocycles. The molecule has 1 N–H and O–H groups in total. The summed E-state index contributed by atoms with van der Waals surface area (Å²) in [5, 5.41) is 3.64. The number of rotatable bonds is 7. The van der Waals surface area contributed by atoms with Crippen molar-refractivity contribution in [1.29, 1.82) is 0 Å². The van der Waals surface area contributed by atoms with Gasteiger partial charge < -0.3 is 14.8 Å². The minimum absolute atomic E-state index is 0.0226. The summed E-state index contributed by atoms with van der Waals surface area (Å²) in [5.41, 5.74) is 1.60. The number of hydrogen-bond acceptors (Lipinski definition) is 6. The van der Waals surface area contributed by atoms with Gasteiger partial charge in [0, 0.05) is 13.0 Å². The van der Waals surface area contributed by atoms with Crippen LogP contribution in [0.2, 0.25) is 0 Å². The summed E-state index contributed by atoms with van der Waals surface area (Å²) >= 11 is 1.30. The number of nitrogens with one attached hydrogen (secondary N) is 1. The standard InChI is InChI=1S/C25H31N3O4S/c1-5-31-18-12-11-17(14-19(18)32-6-2)16(4)26-23(29)22-15(3)21-24(33-22)27-20-10-8-7-9-13-28(20)25(21)30/h11-12,14,16H,5-10,13H2,1-4H3,(H,26,29). The zero-order valence-electron chi connectivity index (χ0n) is 19.7. The molecule has 1 unspecified atom stereocenters. The Bertz CT molecular complexity index is 1230. The van der Waals surface area contributed by atoms with E-state index < -0.39 is 0 Å². The van der Waals surface area contributed by atoms with Crippen molar-refractivity contribution in [2.75, 3.05) is 13.2 Å². The number of benzene rings is 1. The number of amides is 1. The Morgan fingerprint density at radius 1 is 1.18 bits per heavy atom. The molecule has 176 valence electrons. The predicted octanol–water partition coefficient (Wildman–Crippen LogP) is 4.78. The Balaban J connectivity index is 1.61. The SMILES string of the molecule is CCOc1ccc(C(C)NC(=O)c2sc3nc4n(c(=O)c3c2C)CCCCC4)cc1OCC. The van der Waals surface area contributed by atoms with E-state index in [0.29, 0.717) is 51.9 Å². The molecule has 8 heteroatoms. The van der Waals surface area contributed by atoms with Crippen molar-refractivity contribution in [2.45, 2.75) is 66.0 Å². The number of aryl methyl sites for hydroxylation is 2. The fourth-order valence-corrected chi connectivity index (χ4v) is 5.40. The molecule has 1 amide bonds. The quantitative estimate of drug-likeness (QED) is 0.538. The van der Waals surface area contributed by atoms with Crippen LogP contribution in [0.5, 0.6) is 11.5 Å². The molecule has 3 aromatic rings. The second-order valence-electron chi connectivity index (χ2n) is 8.30. The number of fused-ring (bicyclic) bond motifs is 2. The molecule has 0 aliphatic carbocycles. The summed E-state index contributed by atoms with van der Waals surface area (Å²) in [6.07, 6.45) is 3.94. The number of aromatic nitrogens is 2. The van der Waals surface area contributed by atoms with Gasteiger partial charge in [0.1, 0.15) is 10.7 Å². The number of ether oxygens (including phenoxy) is 2. The van der Waals surface area contributed by atoms with E-state index in [4.69, 9.17) is 14.5 Å². The van der Waals surface area contributed by atoms with Gasteiger partial charge in [0.2, 0.25) is 0 Å². The summed E-state index contributed by atoms with van der Waals surface area (Å²) in [6, 6.07) is 5.46. The molecule has 1 aliphatic rings. The van der Waals surface area contributed by atoms with Gasteiger partial charge in [-0.25, -0.2) is 4.98 Å². The van der Waals surface area contributed by atoms with Crippen LogP contribution in [0.25, 0.3) is 10.2 Å². The third-order valence-electron chi connectivity index (χ3n) is 6.03. The van der Waals surface area contributed by atoms with Crippen LogP contribution < -0.4 is 20.3 Å². The summed E-state index contributed by atoms with van der Waals surface area (Å²) < 4.78 is 13.2. The molecule has 0 spiro atoms. The lowest BCUT2D eigenvalue weighted by Gasteiger charge is -2.17. The van der Waals surface area contributed by atoms with Crippen LogP contribution in [-0.4, -0.2) is 28.7 Å². The van der Waals surface area contributed by atoms with E-state index >= 15 is 0 Å². The van der Waals surface area contributed by atoms with E-state index in [1.807, 2.05) is 45.9 Å². The first-order chi connectivity index (χ1) is 15.9. The fraction of sp³-hybridized carbons (Fsp3) is 0.480. The molecule has 0 bridgehead atoms. The molecular weight excluding hydrogens is 438 g/mol. The topological polar surface area (TPSA) is 82.5 Å². The third-order valence-corrected chi connectivity index (χ3v) is 7.22. The molecule has 0 saturated carbocycles. The first-order valence-corrected chi connectivity index (χ1v) is 12.5. The average molecular weight is 470 g/mol. The zero-order valence-corrected chi connectivity index (χ0v) is 20.5. The van der Waals surface area contributed by atoms with Gasteiger partial charge in [-0.1, -0.05) is 12.5 Å². The largest absolute Gasteiger partial charge is 0.490 e. The van der Waals surface area contributed by atoms with E-state index in [0.717, 1.165) is 37.1 Å². The molecule has 1 aliphatic heterocycles. The zero-order chi connectivity index (χ0) is 23.5. The molecule has 0 fully saturated rings. The van der Waals surface area contributed by atoms with Gasteiger partial charge in [0.15, 0.2) is 11.5 Å². The number of carbonyl (C=O) groups is 1. The molecule has 7 nitrogen and oxygen atoms in total. The van der Waals surface area contributed by atoms with Crippen LogP contribution in [0.15, 0.2) is 23.0 Å². The van der Waals surface area contributed by atoms with Gasteiger partial charge in [-0.05, 0) is 63.8 Å². The van der Waals surface area contributed by atoms with Gasteiger partial charge in [-0.3, -0.25) is 14.2 Å². The maximum Gasteiger partial charge on any atom is 0.262 e. The molecule has 33 heavy (non-hydrogen) atoms. The van der Waals surface area contributed by atoms with Crippen molar-refractivity contribution >= 4 is 27.5 Å². The second-order valence-corrected chi connectivity index (χ2v) is 9.30. The van der Waals surface area contributed by atoms with Crippen molar-refractivity contribution in [2.24, 2.45) is 0 Å². The van der Waals surface area contributed by atoms with Gasteiger partial charge in [0.25, 0.3) is 11.5 Å². The maximum absolute atomic E-state index is 13.2. The maximum atomic E-state index is 13.2. The highest BCUT2D eigenvalue weighted by Crippen LogP contribution is 2.32. The van der Waals surface area contributed by atoms with Crippen LogP contribution in [0.4, 0.5) is 0 Å². The lowest BCUT2D eigenvalue weighted by Crippen LogP contribution is -2.27. The number of carbonyl (C=O) groups excluding carboxylic acids is 1. The first kappa shape index (κ1) is 23.3. The van der Waals surface area contributed by atoms with E-state index in [1.165, 1.54) is 11.3 Å². The Morgan fingerprint density at radius 2 is 1.94 bits per heavy atom. The van der Waals surface area contributed by atoms with E-state index in [9.17, 15) is 9.59 Å². The van der Waals surface area contributed by atoms with Gasteiger partial charge >= 0.3 is 0 Å². The number of thiophene rings is 1. The Kier molecular flexibility index (Phi) is 7.02. The molecular formula is C25H31N3O4S. The van der Waals surface area contributed by atoms with Gasteiger partial charge in [0.05, 0.1) is 29.5 Å². The van der Waals surface area contributed by atoms with Crippen LogP contribution in [-0.2, 0) is 13.0 Å². The minimum atomic E-state index is -0.247. The Hall–Kier alpha value is -2.87. The second kappa shape index (κ2) is 9.95. The van der Waals surface area contributed by atoms with Crippen molar-refractivity contribution in [1.82, 2.24) is 14.9 Å². The summed E-state index contributed by atoms with van der Waals surface area (Å²) in [5.74, 6) is 1.99. The van der Waals surface area contributed by atoms with Crippen molar-refractivity contribution < 1.29 is 14.3 Å². The fourth-order valence-electron chi connectivity index (χ4n) is 4.31. The highest BCUT2D eigenvalue weighted by Gasteiger charge is 2.23. The van der Waals surface area contributed by atoms with Crippen molar-refractivity contribution in [3.8, 4) is 11.5 Å². The summed E-state index contributed by atoms with van der Waals surface area (Å²) in [6.45, 7) is 9.40. The third kappa shape index (κ3) is 4.62. The molecule has 2 aromatic heterocycles. The summed E-state index contributed by atoms with van der Waals surface area (Å²) in [7, 11) is 0. The van der Waals surface area contributed by atoms with Crippen LogP contribution in [0.1, 0.15) is 72.7 Å². The molecule has 3 heterocycles. The van der Waals surface area contributed by atoms with Crippen molar-refractivity contribution in [3.05, 3.63) is 50.4 Å². The molecule has 4 rings (SSSR count). The Morgan fingerprint density at radius 3 is 2.70 bits per heavy atom. The minimum Gasteiger partial charge on any atom is -0.490 e. The van der Waals surface area contributed by atoms with Crippen molar-refractivity contribution in [3.63, 3.8) is 0 Å². The molecule has 1 atom stereocenters. The van der Waals surface area contributed by atoms with E-state index in [-0.39, 0.29) is 17.5 Å². The monoisotopic (exact) mass is 469 g/mol. The average Bonchev–Trinajstić information content (AvgIpc) is 2.95. The molecule has 0 saturated heterocycles. The molecule has 0 radical (unpaired) electrons. The lowest BCUT2D eigenvalue weighted by molar-refractivity contribution is 0.0943. The smallest absolute Gasteiger partial charge is 0.262 e. The van der Waals surface area contributed by atoms with E-state index in [2.05, 4.69) is 5.32 Å². The van der Waals surface area contributed by atoms with Crippen LogP contribution in [0.3, 0.4) is 0 Å². The van der Waals surface area contributed by atoms with Crippen LogP contribution >= 0.6 is 11.3 Å².